The Morgan fingerprint density at radius 3 is 2.89 bits per heavy atom. The smallest absolute Gasteiger partial charge is 0.0236 e. The number of piperidine rings is 1. The Balaban J connectivity index is 1.91. The molecule has 0 aromatic heterocycles. The highest BCUT2D eigenvalue weighted by Gasteiger charge is 2.24. The van der Waals surface area contributed by atoms with Crippen LogP contribution in [0.25, 0.3) is 0 Å². The van der Waals surface area contributed by atoms with Crippen LogP contribution >= 0.6 is 0 Å². The van der Waals surface area contributed by atoms with Crippen LogP contribution in [-0.2, 0) is 6.54 Å². The van der Waals surface area contributed by atoms with Gasteiger partial charge >= 0.3 is 0 Å². The number of nitrogens with one attached hydrogen (secondary N) is 1. The molecule has 2 atom stereocenters. The number of benzene rings is 1. The highest BCUT2D eigenvalue weighted by molar-refractivity contribution is 5.22. The van der Waals surface area contributed by atoms with Crippen molar-refractivity contribution in [1.82, 2.24) is 10.2 Å². The maximum atomic E-state index is 3.58. The van der Waals surface area contributed by atoms with Gasteiger partial charge in [-0.2, -0.15) is 0 Å². The molecule has 1 N–H and O–H groups in total. The second-order valence-corrected chi connectivity index (χ2v) is 5.59. The molecular weight excluding hydrogens is 220 g/mol. The summed E-state index contributed by atoms with van der Waals surface area (Å²) in [4.78, 5) is 2.61. The van der Waals surface area contributed by atoms with Gasteiger partial charge in [0.15, 0.2) is 0 Å². The molecule has 1 aromatic rings. The molecule has 1 aliphatic heterocycles. The lowest BCUT2D eigenvalue weighted by molar-refractivity contribution is 0.129. The van der Waals surface area contributed by atoms with Gasteiger partial charge in [0.05, 0.1) is 0 Å². The lowest BCUT2D eigenvalue weighted by atomic mass is 9.97. The zero-order chi connectivity index (χ0) is 13.0. The molecule has 1 aliphatic rings. The fourth-order valence-corrected chi connectivity index (χ4v) is 2.97. The molecule has 0 spiro atoms. The summed E-state index contributed by atoms with van der Waals surface area (Å²) in [7, 11) is 0. The van der Waals surface area contributed by atoms with E-state index >= 15 is 0 Å². The first-order valence-corrected chi connectivity index (χ1v) is 7.22. The van der Waals surface area contributed by atoms with Gasteiger partial charge in [-0.05, 0) is 38.8 Å². The molecule has 1 heterocycles. The highest BCUT2D eigenvalue weighted by Crippen LogP contribution is 2.20. The summed E-state index contributed by atoms with van der Waals surface area (Å²) in [6.07, 6.45) is 2.56. The minimum absolute atomic E-state index is 0.684. The van der Waals surface area contributed by atoms with Crippen LogP contribution in [0.5, 0.6) is 0 Å². The van der Waals surface area contributed by atoms with E-state index in [2.05, 4.69) is 55.3 Å². The molecule has 1 aromatic carbocycles. The van der Waals surface area contributed by atoms with Crippen molar-refractivity contribution in [3.05, 3.63) is 35.4 Å². The molecule has 2 unspecified atom stereocenters. The zero-order valence-corrected chi connectivity index (χ0v) is 11.9. The van der Waals surface area contributed by atoms with E-state index in [0.717, 1.165) is 19.1 Å². The quantitative estimate of drug-likeness (QED) is 0.878. The summed E-state index contributed by atoms with van der Waals surface area (Å²) in [5.74, 6) is 0. The van der Waals surface area contributed by atoms with Gasteiger partial charge in [-0.1, -0.05) is 36.8 Å². The molecule has 0 saturated carbocycles. The first-order chi connectivity index (χ1) is 8.69. The summed E-state index contributed by atoms with van der Waals surface area (Å²) in [6, 6.07) is 10.3. The van der Waals surface area contributed by atoms with Gasteiger partial charge in [-0.15, -0.1) is 0 Å². The van der Waals surface area contributed by atoms with Crippen LogP contribution in [0.4, 0.5) is 0 Å². The minimum Gasteiger partial charge on any atom is -0.314 e. The standard InChI is InChI=1S/C16H26N2/c1-4-17-16-8-9-18(14(3)11-16)12-15-7-5-6-13(2)10-15/h5-7,10,14,16-17H,4,8-9,11-12H2,1-3H3. The third kappa shape index (κ3) is 3.56. The first-order valence-electron chi connectivity index (χ1n) is 7.22. The second-order valence-electron chi connectivity index (χ2n) is 5.59. The van der Waals surface area contributed by atoms with E-state index in [0.29, 0.717) is 6.04 Å². The van der Waals surface area contributed by atoms with Gasteiger partial charge in [-0.25, -0.2) is 0 Å². The summed E-state index contributed by atoms with van der Waals surface area (Å²) in [5, 5.41) is 3.58. The summed E-state index contributed by atoms with van der Waals surface area (Å²) < 4.78 is 0. The molecule has 0 bridgehead atoms. The van der Waals surface area contributed by atoms with E-state index in [1.54, 1.807) is 0 Å². The van der Waals surface area contributed by atoms with Crippen LogP contribution in [-0.4, -0.2) is 30.1 Å². The third-order valence-corrected chi connectivity index (χ3v) is 3.97. The number of likely N-dealkylation sites (tertiary alicyclic amines) is 1. The summed E-state index contributed by atoms with van der Waals surface area (Å²) in [5.41, 5.74) is 2.81. The number of hydrogen-bond acceptors (Lipinski definition) is 2. The molecule has 1 saturated heterocycles. The molecular formula is C16H26N2. The van der Waals surface area contributed by atoms with Crippen LogP contribution < -0.4 is 5.32 Å². The van der Waals surface area contributed by atoms with Crippen LogP contribution in [0.3, 0.4) is 0 Å². The van der Waals surface area contributed by atoms with E-state index in [9.17, 15) is 0 Å². The van der Waals surface area contributed by atoms with Gasteiger partial charge in [0.1, 0.15) is 0 Å². The van der Waals surface area contributed by atoms with Crippen molar-refractivity contribution in [3.63, 3.8) is 0 Å². The average molecular weight is 246 g/mol. The third-order valence-electron chi connectivity index (χ3n) is 3.97. The molecule has 2 nitrogen and oxygen atoms in total. The SMILES string of the molecule is CCNC1CCN(Cc2cccc(C)c2)C(C)C1. The average Bonchev–Trinajstić information content (AvgIpc) is 2.33. The van der Waals surface area contributed by atoms with Gasteiger partial charge in [0.2, 0.25) is 0 Å². The molecule has 0 aliphatic carbocycles. The van der Waals surface area contributed by atoms with Gasteiger partial charge in [0, 0.05) is 25.2 Å². The maximum Gasteiger partial charge on any atom is 0.0236 e. The monoisotopic (exact) mass is 246 g/mol. The van der Waals surface area contributed by atoms with E-state index in [-0.39, 0.29) is 0 Å². The zero-order valence-electron chi connectivity index (χ0n) is 11.9. The molecule has 100 valence electrons. The van der Waals surface area contributed by atoms with Crippen molar-refractivity contribution < 1.29 is 0 Å². The topological polar surface area (TPSA) is 15.3 Å². The number of aryl methyl sites for hydroxylation is 1. The molecule has 2 rings (SSSR count). The first kappa shape index (κ1) is 13.6. The maximum absolute atomic E-state index is 3.58. The fourth-order valence-electron chi connectivity index (χ4n) is 2.97. The van der Waals surface area contributed by atoms with E-state index in [1.807, 2.05) is 0 Å². The Morgan fingerprint density at radius 1 is 1.39 bits per heavy atom. The highest BCUT2D eigenvalue weighted by atomic mass is 15.2. The molecule has 0 radical (unpaired) electrons. The molecule has 0 amide bonds. The Morgan fingerprint density at radius 2 is 2.22 bits per heavy atom. The number of hydrogen-bond donors (Lipinski definition) is 1. The van der Waals surface area contributed by atoms with E-state index in [1.165, 1.54) is 30.5 Å². The van der Waals surface area contributed by atoms with E-state index < -0.39 is 0 Å². The van der Waals surface area contributed by atoms with Crippen LogP contribution in [0, 0.1) is 6.92 Å². The number of rotatable bonds is 4. The van der Waals surface area contributed by atoms with Crippen molar-refractivity contribution in [1.29, 1.82) is 0 Å². The molecule has 18 heavy (non-hydrogen) atoms. The minimum atomic E-state index is 0.684. The lowest BCUT2D eigenvalue weighted by Crippen LogP contribution is -2.46. The van der Waals surface area contributed by atoms with Crippen molar-refractivity contribution >= 4 is 0 Å². The van der Waals surface area contributed by atoms with Crippen molar-refractivity contribution in [2.75, 3.05) is 13.1 Å². The van der Waals surface area contributed by atoms with Crippen molar-refractivity contribution in [2.45, 2.75) is 52.2 Å². The second kappa shape index (κ2) is 6.35. The Kier molecular flexibility index (Phi) is 4.79. The normalized spacial score (nSPS) is 25.3. The predicted octanol–water partition coefficient (Wildman–Crippen LogP) is 2.96. The number of nitrogens with zero attached hydrogens (tertiary/aromatic N) is 1. The molecule has 2 heteroatoms. The van der Waals surface area contributed by atoms with Crippen molar-refractivity contribution in [2.24, 2.45) is 0 Å². The van der Waals surface area contributed by atoms with Gasteiger partial charge < -0.3 is 5.32 Å². The summed E-state index contributed by atoms with van der Waals surface area (Å²) >= 11 is 0. The Labute approximate surface area is 111 Å². The van der Waals surface area contributed by atoms with E-state index in [4.69, 9.17) is 0 Å². The van der Waals surface area contributed by atoms with Crippen molar-refractivity contribution in [3.8, 4) is 0 Å². The van der Waals surface area contributed by atoms with Gasteiger partial charge in [-0.3, -0.25) is 4.90 Å². The van der Waals surface area contributed by atoms with Crippen LogP contribution in [0.2, 0.25) is 0 Å². The van der Waals surface area contributed by atoms with Crippen LogP contribution in [0.1, 0.15) is 37.8 Å². The largest absolute Gasteiger partial charge is 0.314 e. The Bertz CT molecular complexity index is 375. The fraction of sp³-hybridized carbons (Fsp3) is 0.625. The van der Waals surface area contributed by atoms with Crippen LogP contribution in [0.15, 0.2) is 24.3 Å². The van der Waals surface area contributed by atoms with Gasteiger partial charge in [0.25, 0.3) is 0 Å². The Hall–Kier alpha value is -0.860. The lowest BCUT2D eigenvalue weighted by Gasteiger charge is -2.38. The predicted molar refractivity (Wildman–Crippen MR) is 77.7 cm³/mol. The molecule has 1 fully saturated rings. The summed E-state index contributed by atoms with van der Waals surface area (Å²) in [6.45, 7) is 10.1.